The molecule has 20 heavy (non-hydrogen) atoms. The molecule has 0 N–H and O–H groups in total. The Bertz CT molecular complexity index is 810. The van der Waals surface area contributed by atoms with Crippen molar-refractivity contribution in [3.05, 3.63) is 59.4 Å². The number of pyridine rings is 1. The summed E-state index contributed by atoms with van der Waals surface area (Å²) in [6, 6.07) is 12.4. The van der Waals surface area contributed by atoms with Gasteiger partial charge >= 0.3 is 0 Å². The largest absolute Gasteiger partial charge is 0.270 e. The van der Waals surface area contributed by atoms with E-state index in [9.17, 15) is 0 Å². The predicted molar refractivity (Wildman–Crippen MR) is 81.6 cm³/mol. The van der Waals surface area contributed by atoms with Gasteiger partial charge in [0.05, 0.1) is 5.56 Å². The molecular formula is C16H13N3S. The van der Waals surface area contributed by atoms with Gasteiger partial charge in [0.15, 0.2) is 5.65 Å². The van der Waals surface area contributed by atoms with Crippen LogP contribution in [0.15, 0.2) is 47.6 Å². The summed E-state index contributed by atoms with van der Waals surface area (Å²) in [5, 5.41) is 9.99. The van der Waals surface area contributed by atoms with Gasteiger partial charge < -0.3 is 0 Å². The number of nitriles is 1. The van der Waals surface area contributed by atoms with Crippen LogP contribution in [0.2, 0.25) is 0 Å². The van der Waals surface area contributed by atoms with Crippen LogP contribution in [0.4, 0.5) is 0 Å². The van der Waals surface area contributed by atoms with Crippen LogP contribution in [0.1, 0.15) is 16.7 Å². The van der Waals surface area contributed by atoms with E-state index < -0.39 is 0 Å². The highest BCUT2D eigenvalue weighted by atomic mass is 32.2. The molecule has 0 fully saturated rings. The van der Waals surface area contributed by atoms with Crippen molar-refractivity contribution in [3.8, 4) is 6.07 Å². The molecule has 0 amide bonds. The molecule has 2 heterocycles. The van der Waals surface area contributed by atoms with Crippen LogP contribution in [0.3, 0.4) is 0 Å². The molecule has 0 aliphatic rings. The van der Waals surface area contributed by atoms with Gasteiger partial charge in [-0.05, 0) is 49.6 Å². The summed E-state index contributed by atoms with van der Waals surface area (Å²) in [5.74, 6) is 0. The summed E-state index contributed by atoms with van der Waals surface area (Å²) in [5.41, 5.74) is 3.87. The first-order chi connectivity index (χ1) is 9.67. The molecule has 0 unspecified atom stereocenters. The monoisotopic (exact) mass is 279 g/mol. The summed E-state index contributed by atoms with van der Waals surface area (Å²) in [6.45, 7) is 4.12. The standard InChI is InChI=1S/C16H13N3S/c1-11-3-5-14(6-4-11)20-19-10-12(2)15-7-13(8-17)9-18-16(15)19/h3-7,9-10H,1-2H3. The van der Waals surface area contributed by atoms with E-state index >= 15 is 0 Å². The fraction of sp³-hybridized carbons (Fsp3) is 0.125. The van der Waals surface area contributed by atoms with E-state index in [4.69, 9.17) is 5.26 Å². The number of aromatic nitrogens is 2. The molecule has 3 rings (SSSR count). The number of nitrogens with zero attached hydrogens (tertiary/aromatic N) is 3. The average Bonchev–Trinajstić information content (AvgIpc) is 2.77. The lowest BCUT2D eigenvalue weighted by molar-refractivity contribution is 1.23. The van der Waals surface area contributed by atoms with E-state index in [2.05, 4.69) is 52.4 Å². The van der Waals surface area contributed by atoms with Gasteiger partial charge in [-0.2, -0.15) is 5.26 Å². The number of fused-ring (bicyclic) bond motifs is 1. The normalized spacial score (nSPS) is 10.7. The van der Waals surface area contributed by atoms with E-state index in [1.165, 1.54) is 10.5 Å². The fourth-order valence-corrected chi connectivity index (χ4v) is 3.00. The molecule has 0 saturated carbocycles. The number of hydrogen-bond donors (Lipinski definition) is 0. The quantitative estimate of drug-likeness (QED) is 0.709. The summed E-state index contributed by atoms with van der Waals surface area (Å²) in [7, 11) is 0. The first-order valence-corrected chi connectivity index (χ1v) is 7.07. The maximum Gasteiger partial charge on any atom is 0.150 e. The van der Waals surface area contributed by atoms with Crippen molar-refractivity contribution in [2.45, 2.75) is 18.7 Å². The van der Waals surface area contributed by atoms with Crippen LogP contribution in [-0.2, 0) is 0 Å². The summed E-state index contributed by atoms with van der Waals surface area (Å²) < 4.78 is 2.05. The molecule has 0 aliphatic heterocycles. The SMILES string of the molecule is Cc1ccc(Sn2cc(C)c3cc(C#N)cnc32)cc1. The minimum absolute atomic E-state index is 0.596. The van der Waals surface area contributed by atoms with Gasteiger partial charge in [0, 0.05) is 22.7 Å². The highest BCUT2D eigenvalue weighted by Crippen LogP contribution is 2.28. The zero-order valence-electron chi connectivity index (χ0n) is 11.3. The third kappa shape index (κ3) is 2.28. The summed E-state index contributed by atoms with van der Waals surface area (Å²) in [4.78, 5) is 5.57. The van der Waals surface area contributed by atoms with Crippen molar-refractivity contribution in [2.75, 3.05) is 0 Å². The fourth-order valence-electron chi connectivity index (χ4n) is 2.07. The Morgan fingerprint density at radius 3 is 2.65 bits per heavy atom. The van der Waals surface area contributed by atoms with Crippen molar-refractivity contribution >= 4 is 23.0 Å². The van der Waals surface area contributed by atoms with E-state index in [-0.39, 0.29) is 0 Å². The molecule has 0 radical (unpaired) electrons. The first kappa shape index (κ1) is 12.8. The van der Waals surface area contributed by atoms with Crippen LogP contribution >= 0.6 is 11.9 Å². The molecule has 0 aliphatic carbocycles. The molecule has 98 valence electrons. The van der Waals surface area contributed by atoms with Crippen molar-refractivity contribution in [2.24, 2.45) is 0 Å². The van der Waals surface area contributed by atoms with Crippen molar-refractivity contribution in [1.29, 1.82) is 5.26 Å². The van der Waals surface area contributed by atoms with E-state index in [0.29, 0.717) is 5.56 Å². The Labute approximate surface area is 122 Å². The van der Waals surface area contributed by atoms with Crippen LogP contribution < -0.4 is 0 Å². The second kappa shape index (κ2) is 5.03. The minimum Gasteiger partial charge on any atom is -0.270 e. The van der Waals surface area contributed by atoms with Crippen LogP contribution in [0.5, 0.6) is 0 Å². The molecule has 0 saturated heterocycles. The summed E-state index contributed by atoms with van der Waals surface area (Å²) in [6.07, 6.45) is 3.68. The van der Waals surface area contributed by atoms with Crippen molar-refractivity contribution < 1.29 is 0 Å². The van der Waals surface area contributed by atoms with Gasteiger partial charge in [0.2, 0.25) is 0 Å². The minimum atomic E-state index is 0.596. The Morgan fingerprint density at radius 2 is 1.95 bits per heavy atom. The maximum atomic E-state index is 8.95. The first-order valence-electron chi connectivity index (χ1n) is 6.30. The number of hydrogen-bond acceptors (Lipinski definition) is 3. The molecule has 3 aromatic rings. The third-order valence-electron chi connectivity index (χ3n) is 3.16. The lowest BCUT2D eigenvalue weighted by Crippen LogP contribution is -1.88. The molecule has 2 aromatic heterocycles. The number of aryl methyl sites for hydroxylation is 2. The van der Waals surface area contributed by atoms with Crippen LogP contribution in [-0.4, -0.2) is 8.96 Å². The Morgan fingerprint density at radius 1 is 1.20 bits per heavy atom. The molecule has 0 spiro atoms. The third-order valence-corrected chi connectivity index (χ3v) is 4.12. The lowest BCUT2D eigenvalue weighted by atomic mass is 10.2. The van der Waals surface area contributed by atoms with Gasteiger partial charge in [-0.3, -0.25) is 3.97 Å². The number of rotatable bonds is 2. The molecule has 3 nitrogen and oxygen atoms in total. The topological polar surface area (TPSA) is 41.6 Å². The Kier molecular flexibility index (Phi) is 3.21. The van der Waals surface area contributed by atoms with Gasteiger partial charge in [-0.25, -0.2) is 4.98 Å². The second-order valence-corrected chi connectivity index (χ2v) is 5.80. The van der Waals surface area contributed by atoms with Crippen molar-refractivity contribution in [3.63, 3.8) is 0 Å². The van der Waals surface area contributed by atoms with Crippen LogP contribution in [0.25, 0.3) is 11.0 Å². The Balaban J connectivity index is 2.04. The lowest BCUT2D eigenvalue weighted by Gasteiger charge is -2.04. The molecule has 0 bridgehead atoms. The molecular weight excluding hydrogens is 266 g/mol. The predicted octanol–water partition coefficient (Wildman–Crippen LogP) is 4.08. The average molecular weight is 279 g/mol. The highest BCUT2D eigenvalue weighted by Gasteiger charge is 2.09. The zero-order valence-corrected chi connectivity index (χ0v) is 12.1. The van der Waals surface area contributed by atoms with E-state index in [1.54, 1.807) is 18.1 Å². The van der Waals surface area contributed by atoms with Gasteiger partial charge in [0.25, 0.3) is 0 Å². The maximum absolute atomic E-state index is 8.95. The van der Waals surface area contributed by atoms with Gasteiger partial charge in [0.1, 0.15) is 6.07 Å². The molecule has 0 atom stereocenters. The summed E-state index contributed by atoms with van der Waals surface area (Å²) >= 11 is 1.63. The Hall–Kier alpha value is -2.25. The second-order valence-electron chi connectivity index (χ2n) is 4.75. The molecule has 4 heteroatoms. The highest BCUT2D eigenvalue weighted by molar-refractivity contribution is 7.98. The van der Waals surface area contributed by atoms with E-state index in [0.717, 1.165) is 16.6 Å². The smallest absolute Gasteiger partial charge is 0.150 e. The molecule has 1 aromatic carbocycles. The van der Waals surface area contributed by atoms with Crippen LogP contribution in [0, 0.1) is 25.2 Å². The number of benzene rings is 1. The van der Waals surface area contributed by atoms with E-state index in [1.807, 2.05) is 13.0 Å². The van der Waals surface area contributed by atoms with Gasteiger partial charge in [-0.1, -0.05) is 17.7 Å². The van der Waals surface area contributed by atoms with Gasteiger partial charge in [-0.15, -0.1) is 0 Å². The zero-order chi connectivity index (χ0) is 14.1. The van der Waals surface area contributed by atoms with Crippen molar-refractivity contribution in [1.82, 2.24) is 8.96 Å².